The molecule has 24 heavy (non-hydrogen) atoms. The van der Waals surface area contributed by atoms with Gasteiger partial charge >= 0.3 is 0 Å². The van der Waals surface area contributed by atoms with Crippen LogP contribution < -0.4 is 0 Å². The first-order valence-corrected chi connectivity index (χ1v) is 9.60. The van der Waals surface area contributed by atoms with Crippen molar-refractivity contribution >= 4 is 17.3 Å². The maximum atomic E-state index is 2.59. The fraction of sp³-hybridized carbons (Fsp3) is 0.333. The minimum Gasteiger partial charge on any atom is -0.304 e. The number of nitrogens with zero attached hydrogens (tertiary/aromatic N) is 2. The van der Waals surface area contributed by atoms with Crippen molar-refractivity contribution < 1.29 is 0 Å². The number of piperazine rings is 1. The highest BCUT2D eigenvalue weighted by Crippen LogP contribution is 2.45. The molecule has 0 spiro atoms. The van der Waals surface area contributed by atoms with E-state index in [-0.39, 0.29) is 0 Å². The molecule has 0 amide bonds. The summed E-state index contributed by atoms with van der Waals surface area (Å²) in [5.74, 6) is 0. The van der Waals surface area contributed by atoms with Crippen LogP contribution in [-0.2, 0) is 0 Å². The molecule has 1 saturated heterocycles. The Hall–Kier alpha value is -1.55. The van der Waals surface area contributed by atoms with E-state index in [1.807, 2.05) is 11.8 Å². The van der Waals surface area contributed by atoms with Crippen LogP contribution in [0.15, 0.2) is 64.4 Å². The molecule has 2 nitrogen and oxygen atoms in total. The SMILES string of the molecule is CN1CCN(CCC=C2c3ccccc3Sc3ccccc32)CC1. The summed E-state index contributed by atoms with van der Waals surface area (Å²) in [6, 6.07) is 17.6. The lowest BCUT2D eigenvalue weighted by Crippen LogP contribution is -2.44. The van der Waals surface area contributed by atoms with Crippen LogP contribution >= 0.6 is 11.8 Å². The van der Waals surface area contributed by atoms with Crippen molar-refractivity contribution in [3.8, 4) is 0 Å². The molecule has 0 aromatic heterocycles. The Labute approximate surface area is 149 Å². The van der Waals surface area contributed by atoms with Gasteiger partial charge in [0, 0.05) is 42.5 Å². The standard InChI is InChI=1S/C21H24N2S/c1-22-13-15-23(16-14-22)12-6-9-17-18-7-2-4-10-20(18)24-21-11-5-3-8-19(17)21/h2-5,7-11H,6,12-16H2,1H3. The average molecular weight is 337 g/mol. The molecule has 0 unspecified atom stereocenters. The number of hydrogen-bond acceptors (Lipinski definition) is 3. The minimum atomic E-state index is 1.12. The Morgan fingerprint density at radius 1 is 0.875 bits per heavy atom. The largest absolute Gasteiger partial charge is 0.304 e. The van der Waals surface area contributed by atoms with Crippen LogP contribution in [0, 0.1) is 0 Å². The summed E-state index contributed by atoms with van der Waals surface area (Å²) >= 11 is 1.89. The molecule has 2 heterocycles. The van der Waals surface area contributed by atoms with Crippen LogP contribution in [0.4, 0.5) is 0 Å². The van der Waals surface area contributed by atoms with Gasteiger partial charge in [-0.2, -0.15) is 0 Å². The van der Waals surface area contributed by atoms with E-state index in [4.69, 9.17) is 0 Å². The number of hydrogen-bond donors (Lipinski definition) is 0. The number of fused-ring (bicyclic) bond motifs is 2. The van der Waals surface area contributed by atoms with Crippen LogP contribution in [0.2, 0.25) is 0 Å². The topological polar surface area (TPSA) is 6.48 Å². The molecular formula is C21H24N2S. The van der Waals surface area contributed by atoms with Crippen LogP contribution in [0.1, 0.15) is 17.5 Å². The Balaban J connectivity index is 1.55. The molecule has 2 aromatic rings. The number of benzene rings is 2. The van der Waals surface area contributed by atoms with E-state index in [1.54, 1.807) is 0 Å². The molecule has 0 saturated carbocycles. The first-order valence-electron chi connectivity index (χ1n) is 8.79. The summed E-state index contributed by atoms with van der Waals surface area (Å²) in [5, 5.41) is 0. The van der Waals surface area contributed by atoms with Crippen LogP contribution in [0.5, 0.6) is 0 Å². The van der Waals surface area contributed by atoms with Gasteiger partial charge in [0.1, 0.15) is 0 Å². The predicted octanol–water partition coefficient (Wildman–Crippen LogP) is 4.22. The van der Waals surface area contributed by atoms with Crippen molar-refractivity contribution in [1.29, 1.82) is 0 Å². The van der Waals surface area contributed by atoms with E-state index in [2.05, 4.69) is 71.5 Å². The minimum absolute atomic E-state index is 1.12. The Morgan fingerprint density at radius 3 is 2.08 bits per heavy atom. The van der Waals surface area contributed by atoms with Gasteiger partial charge in [0.05, 0.1) is 0 Å². The fourth-order valence-electron chi connectivity index (χ4n) is 3.50. The predicted molar refractivity (Wildman–Crippen MR) is 103 cm³/mol. The summed E-state index contributed by atoms with van der Waals surface area (Å²) < 4.78 is 0. The van der Waals surface area contributed by atoms with Gasteiger partial charge in [0.25, 0.3) is 0 Å². The third-order valence-electron chi connectivity index (χ3n) is 4.96. The Kier molecular flexibility index (Phi) is 4.74. The monoisotopic (exact) mass is 336 g/mol. The third-order valence-corrected chi connectivity index (χ3v) is 6.12. The molecule has 2 aliphatic heterocycles. The second-order valence-corrected chi connectivity index (χ2v) is 7.73. The first-order chi connectivity index (χ1) is 11.8. The van der Waals surface area contributed by atoms with Gasteiger partial charge in [-0.3, -0.25) is 0 Å². The zero-order valence-corrected chi connectivity index (χ0v) is 15.1. The maximum Gasteiger partial charge on any atom is 0.0201 e. The van der Waals surface area contributed by atoms with E-state index in [9.17, 15) is 0 Å². The van der Waals surface area contributed by atoms with Crippen molar-refractivity contribution in [1.82, 2.24) is 9.80 Å². The van der Waals surface area contributed by atoms with Crippen molar-refractivity contribution in [3.63, 3.8) is 0 Å². The van der Waals surface area contributed by atoms with E-state index < -0.39 is 0 Å². The van der Waals surface area contributed by atoms with Gasteiger partial charge in [-0.1, -0.05) is 54.2 Å². The maximum absolute atomic E-state index is 2.59. The molecule has 0 aliphatic carbocycles. The van der Waals surface area contributed by atoms with Crippen LogP contribution in [0.3, 0.4) is 0 Å². The molecule has 124 valence electrons. The van der Waals surface area contributed by atoms with E-state index in [1.165, 1.54) is 52.7 Å². The Bertz CT molecular complexity index is 698. The van der Waals surface area contributed by atoms with Gasteiger partial charge in [0.2, 0.25) is 0 Å². The summed E-state index contributed by atoms with van der Waals surface area (Å²) in [5.41, 5.74) is 4.19. The van der Waals surface area contributed by atoms with Crippen molar-refractivity contribution in [2.75, 3.05) is 39.8 Å². The zero-order valence-electron chi connectivity index (χ0n) is 14.2. The molecule has 1 fully saturated rings. The lowest BCUT2D eigenvalue weighted by Gasteiger charge is -2.32. The second kappa shape index (κ2) is 7.14. The molecule has 0 radical (unpaired) electrons. The van der Waals surface area contributed by atoms with E-state index in [0.29, 0.717) is 0 Å². The summed E-state index contributed by atoms with van der Waals surface area (Å²) in [6.07, 6.45) is 3.57. The van der Waals surface area contributed by atoms with Crippen LogP contribution in [-0.4, -0.2) is 49.6 Å². The third kappa shape index (κ3) is 3.30. The molecule has 0 atom stereocenters. The van der Waals surface area contributed by atoms with Gasteiger partial charge in [-0.15, -0.1) is 0 Å². The molecule has 0 bridgehead atoms. The highest BCUT2D eigenvalue weighted by molar-refractivity contribution is 7.99. The van der Waals surface area contributed by atoms with Crippen LogP contribution in [0.25, 0.3) is 5.57 Å². The van der Waals surface area contributed by atoms with Gasteiger partial charge in [-0.05, 0) is 42.3 Å². The van der Waals surface area contributed by atoms with Gasteiger partial charge in [-0.25, -0.2) is 0 Å². The molecule has 0 N–H and O–H groups in total. The first kappa shape index (κ1) is 15.9. The van der Waals surface area contributed by atoms with E-state index in [0.717, 1.165) is 13.0 Å². The molecular weight excluding hydrogens is 312 g/mol. The molecule has 2 aliphatic rings. The van der Waals surface area contributed by atoms with Gasteiger partial charge < -0.3 is 9.80 Å². The van der Waals surface area contributed by atoms with Crippen molar-refractivity contribution in [2.24, 2.45) is 0 Å². The fourth-order valence-corrected chi connectivity index (χ4v) is 4.61. The average Bonchev–Trinajstić information content (AvgIpc) is 2.63. The lowest BCUT2D eigenvalue weighted by molar-refractivity contribution is 0.156. The van der Waals surface area contributed by atoms with E-state index >= 15 is 0 Å². The number of rotatable bonds is 3. The quantitative estimate of drug-likeness (QED) is 0.707. The van der Waals surface area contributed by atoms with Crippen molar-refractivity contribution in [2.45, 2.75) is 16.2 Å². The second-order valence-electron chi connectivity index (χ2n) is 6.65. The molecule has 3 heteroatoms. The highest BCUT2D eigenvalue weighted by Gasteiger charge is 2.20. The smallest absolute Gasteiger partial charge is 0.0201 e. The summed E-state index contributed by atoms with van der Waals surface area (Å²) in [7, 11) is 2.22. The van der Waals surface area contributed by atoms with Crippen molar-refractivity contribution in [3.05, 3.63) is 65.7 Å². The highest BCUT2D eigenvalue weighted by atomic mass is 32.2. The molecule has 4 rings (SSSR count). The molecule has 2 aromatic carbocycles. The Morgan fingerprint density at radius 2 is 1.46 bits per heavy atom. The normalized spacial score (nSPS) is 18.1. The summed E-state index contributed by atoms with van der Waals surface area (Å²) in [6.45, 7) is 5.94. The zero-order chi connectivity index (χ0) is 16.4. The van der Waals surface area contributed by atoms with Gasteiger partial charge in [0.15, 0.2) is 0 Å². The number of likely N-dealkylation sites (N-methyl/N-ethyl adjacent to an activating group) is 1. The lowest BCUT2D eigenvalue weighted by atomic mass is 9.96. The summed E-state index contributed by atoms with van der Waals surface area (Å²) in [4.78, 5) is 7.76.